The molecule has 78 valence electrons. The van der Waals surface area contributed by atoms with Crippen molar-refractivity contribution in [2.24, 2.45) is 0 Å². The van der Waals surface area contributed by atoms with E-state index in [1.807, 2.05) is 6.07 Å². The lowest BCUT2D eigenvalue weighted by atomic mass is 10.2. The van der Waals surface area contributed by atoms with Crippen LogP contribution in [0.4, 0.5) is 5.82 Å². The van der Waals surface area contributed by atoms with Crippen molar-refractivity contribution < 1.29 is 5.11 Å². The standard InChI is InChI=1S/C9H14ClN3O/c1-2-3-7-6-8(11-4-5-14)13-9(10)12-7/h6,14H,2-5H2,1H3,(H,11,12,13). The van der Waals surface area contributed by atoms with Crippen LogP contribution in [0.2, 0.25) is 5.28 Å². The maximum atomic E-state index is 8.63. The van der Waals surface area contributed by atoms with Crippen LogP contribution in [0.1, 0.15) is 19.0 Å². The quantitative estimate of drug-likeness (QED) is 0.731. The van der Waals surface area contributed by atoms with Gasteiger partial charge in [0.25, 0.3) is 0 Å². The summed E-state index contributed by atoms with van der Waals surface area (Å²) in [6.45, 7) is 2.63. The zero-order valence-electron chi connectivity index (χ0n) is 8.13. The van der Waals surface area contributed by atoms with Crippen molar-refractivity contribution in [2.75, 3.05) is 18.5 Å². The summed E-state index contributed by atoms with van der Waals surface area (Å²) in [6, 6.07) is 1.85. The van der Waals surface area contributed by atoms with Gasteiger partial charge in [0.2, 0.25) is 5.28 Å². The number of halogens is 1. The number of nitrogens with zero attached hydrogens (tertiary/aromatic N) is 2. The van der Waals surface area contributed by atoms with Crippen LogP contribution >= 0.6 is 11.6 Å². The van der Waals surface area contributed by atoms with Gasteiger partial charge >= 0.3 is 0 Å². The fourth-order valence-electron chi connectivity index (χ4n) is 1.12. The van der Waals surface area contributed by atoms with E-state index in [0.29, 0.717) is 12.4 Å². The first-order chi connectivity index (χ1) is 6.76. The highest BCUT2D eigenvalue weighted by molar-refractivity contribution is 6.28. The number of aromatic nitrogens is 2. The maximum Gasteiger partial charge on any atom is 0.224 e. The van der Waals surface area contributed by atoms with E-state index in [9.17, 15) is 0 Å². The van der Waals surface area contributed by atoms with E-state index < -0.39 is 0 Å². The van der Waals surface area contributed by atoms with Crippen molar-refractivity contribution in [1.82, 2.24) is 9.97 Å². The molecule has 0 aliphatic heterocycles. The summed E-state index contributed by atoms with van der Waals surface area (Å²) in [5.41, 5.74) is 0.924. The Morgan fingerprint density at radius 2 is 2.29 bits per heavy atom. The lowest BCUT2D eigenvalue weighted by Crippen LogP contribution is -2.08. The number of nitrogens with one attached hydrogen (secondary N) is 1. The molecule has 0 aliphatic rings. The molecule has 0 radical (unpaired) electrons. The second kappa shape index (κ2) is 5.78. The third-order valence-corrected chi connectivity index (χ3v) is 1.84. The Balaban J connectivity index is 2.73. The van der Waals surface area contributed by atoms with Gasteiger partial charge in [-0.2, -0.15) is 0 Å². The van der Waals surface area contributed by atoms with Crippen LogP contribution in [-0.4, -0.2) is 28.2 Å². The van der Waals surface area contributed by atoms with Gasteiger partial charge in [0, 0.05) is 18.3 Å². The van der Waals surface area contributed by atoms with Gasteiger partial charge in [-0.25, -0.2) is 9.97 Å². The first-order valence-electron chi connectivity index (χ1n) is 4.64. The van der Waals surface area contributed by atoms with E-state index in [-0.39, 0.29) is 11.9 Å². The van der Waals surface area contributed by atoms with Crippen LogP contribution in [0.15, 0.2) is 6.07 Å². The zero-order chi connectivity index (χ0) is 10.4. The first kappa shape index (κ1) is 11.2. The molecular formula is C9H14ClN3O. The van der Waals surface area contributed by atoms with E-state index >= 15 is 0 Å². The minimum Gasteiger partial charge on any atom is -0.395 e. The molecule has 0 saturated carbocycles. The van der Waals surface area contributed by atoms with Crippen molar-refractivity contribution >= 4 is 17.4 Å². The maximum absolute atomic E-state index is 8.63. The predicted octanol–water partition coefficient (Wildman–Crippen LogP) is 1.49. The number of hydrogen-bond acceptors (Lipinski definition) is 4. The van der Waals surface area contributed by atoms with Crippen molar-refractivity contribution in [1.29, 1.82) is 0 Å². The molecule has 0 saturated heterocycles. The second-order valence-corrected chi connectivity index (χ2v) is 3.25. The van der Waals surface area contributed by atoms with Crippen LogP contribution in [0.5, 0.6) is 0 Å². The fraction of sp³-hybridized carbons (Fsp3) is 0.556. The summed E-state index contributed by atoms with van der Waals surface area (Å²) in [4.78, 5) is 8.07. The van der Waals surface area contributed by atoms with Gasteiger partial charge in [0.1, 0.15) is 5.82 Å². The third kappa shape index (κ3) is 3.47. The van der Waals surface area contributed by atoms with Gasteiger partial charge in [0.15, 0.2) is 0 Å². The Morgan fingerprint density at radius 1 is 1.50 bits per heavy atom. The molecule has 0 bridgehead atoms. The van der Waals surface area contributed by atoms with Crippen LogP contribution in [0.25, 0.3) is 0 Å². The highest BCUT2D eigenvalue weighted by atomic mass is 35.5. The summed E-state index contributed by atoms with van der Waals surface area (Å²) in [5.74, 6) is 0.669. The van der Waals surface area contributed by atoms with Gasteiger partial charge in [-0.3, -0.25) is 0 Å². The van der Waals surface area contributed by atoms with Crippen LogP contribution < -0.4 is 5.32 Å². The molecule has 4 nitrogen and oxygen atoms in total. The summed E-state index contributed by atoms with van der Waals surface area (Å²) >= 11 is 5.74. The van der Waals surface area contributed by atoms with Crippen LogP contribution in [0, 0.1) is 0 Å². The molecule has 1 rings (SSSR count). The predicted molar refractivity (Wildman–Crippen MR) is 56.6 cm³/mol. The highest BCUT2D eigenvalue weighted by Crippen LogP contribution is 2.11. The highest BCUT2D eigenvalue weighted by Gasteiger charge is 2.01. The van der Waals surface area contributed by atoms with Crippen molar-refractivity contribution in [3.8, 4) is 0 Å². The lowest BCUT2D eigenvalue weighted by molar-refractivity contribution is 0.311. The Kier molecular flexibility index (Phi) is 4.62. The number of anilines is 1. The molecular weight excluding hydrogens is 202 g/mol. The molecule has 5 heteroatoms. The summed E-state index contributed by atoms with van der Waals surface area (Å²) in [5, 5.41) is 11.8. The topological polar surface area (TPSA) is 58.0 Å². The first-order valence-corrected chi connectivity index (χ1v) is 5.02. The molecule has 0 aromatic carbocycles. The molecule has 1 heterocycles. The lowest BCUT2D eigenvalue weighted by Gasteiger charge is -2.05. The number of aliphatic hydroxyl groups excluding tert-OH is 1. The molecule has 0 spiro atoms. The van der Waals surface area contributed by atoms with Crippen molar-refractivity contribution in [3.63, 3.8) is 0 Å². The fourth-order valence-corrected chi connectivity index (χ4v) is 1.32. The van der Waals surface area contributed by atoms with Crippen molar-refractivity contribution in [3.05, 3.63) is 17.0 Å². The molecule has 0 aliphatic carbocycles. The monoisotopic (exact) mass is 215 g/mol. The second-order valence-electron chi connectivity index (χ2n) is 2.91. The molecule has 0 amide bonds. The average Bonchev–Trinajstić information content (AvgIpc) is 2.14. The molecule has 14 heavy (non-hydrogen) atoms. The Hall–Kier alpha value is -0.870. The zero-order valence-corrected chi connectivity index (χ0v) is 8.88. The van der Waals surface area contributed by atoms with Gasteiger partial charge in [-0.05, 0) is 18.0 Å². The molecule has 0 unspecified atom stereocenters. The SMILES string of the molecule is CCCc1cc(NCCO)nc(Cl)n1. The molecule has 1 aromatic heterocycles. The summed E-state index contributed by atoms with van der Waals surface area (Å²) in [7, 11) is 0. The van der Waals surface area contributed by atoms with E-state index in [2.05, 4.69) is 22.2 Å². The summed E-state index contributed by atoms with van der Waals surface area (Å²) in [6.07, 6.45) is 1.91. The Labute approximate surface area is 88.3 Å². The van der Waals surface area contributed by atoms with E-state index in [0.717, 1.165) is 18.5 Å². The number of aryl methyl sites for hydroxylation is 1. The van der Waals surface area contributed by atoms with Crippen LogP contribution in [-0.2, 0) is 6.42 Å². The number of rotatable bonds is 5. The Morgan fingerprint density at radius 3 is 2.93 bits per heavy atom. The van der Waals surface area contributed by atoms with Crippen molar-refractivity contribution in [2.45, 2.75) is 19.8 Å². The van der Waals surface area contributed by atoms with Crippen LogP contribution in [0.3, 0.4) is 0 Å². The average molecular weight is 216 g/mol. The third-order valence-electron chi connectivity index (χ3n) is 1.68. The van der Waals surface area contributed by atoms with Gasteiger partial charge in [-0.1, -0.05) is 13.3 Å². The Bertz CT molecular complexity index is 293. The molecule has 0 fully saturated rings. The smallest absolute Gasteiger partial charge is 0.224 e. The number of hydrogen-bond donors (Lipinski definition) is 2. The normalized spacial score (nSPS) is 10.2. The van der Waals surface area contributed by atoms with Gasteiger partial charge < -0.3 is 10.4 Å². The van der Waals surface area contributed by atoms with Gasteiger partial charge in [0.05, 0.1) is 6.61 Å². The minimum atomic E-state index is 0.0741. The largest absolute Gasteiger partial charge is 0.395 e. The molecule has 2 N–H and O–H groups in total. The van der Waals surface area contributed by atoms with Gasteiger partial charge in [-0.15, -0.1) is 0 Å². The van der Waals surface area contributed by atoms with E-state index in [4.69, 9.17) is 16.7 Å². The minimum absolute atomic E-state index is 0.0741. The number of aliphatic hydroxyl groups is 1. The molecule has 0 atom stereocenters. The van der Waals surface area contributed by atoms with E-state index in [1.165, 1.54) is 0 Å². The molecule has 1 aromatic rings. The van der Waals surface area contributed by atoms with E-state index in [1.54, 1.807) is 0 Å². The summed E-state index contributed by atoms with van der Waals surface area (Å²) < 4.78 is 0.